The molecule has 0 unspecified atom stereocenters. The number of hydrogen-bond donors (Lipinski definition) is 0. The summed E-state index contributed by atoms with van der Waals surface area (Å²) in [6, 6.07) is 8.26. The minimum atomic E-state index is -0.239. The highest BCUT2D eigenvalue weighted by Gasteiger charge is 2.06. The van der Waals surface area contributed by atoms with Gasteiger partial charge in [0.2, 0.25) is 0 Å². The van der Waals surface area contributed by atoms with Crippen molar-refractivity contribution in [1.29, 1.82) is 0 Å². The summed E-state index contributed by atoms with van der Waals surface area (Å²) in [6.07, 6.45) is 11.7. The van der Waals surface area contributed by atoms with Gasteiger partial charge in [0.05, 0.1) is 6.61 Å². The van der Waals surface area contributed by atoms with E-state index in [1.165, 1.54) is 24.8 Å². The van der Waals surface area contributed by atoms with E-state index < -0.39 is 0 Å². The standard InChI is InChI=1S/C22H31NO2/c1-5-7-8-9-10-21(15-18(3)22(24)25-6-2)16-19-11-13-20(14-12-19)17-23-4/h11-17H,5-10H2,1-4H3/b18-15+,21-16+,23-17-. The molecule has 0 atom stereocenters. The minimum Gasteiger partial charge on any atom is -0.463 e. The topological polar surface area (TPSA) is 38.7 Å². The average molecular weight is 341 g/mol. The molecule has 0 aliphatic carbocycles. The summed E-state index contributed by atoms with van der Waals surface area (Å²) in [7, 11) is 1.77. The van der Waals surface area contributed by atoms with Gasteiger partial charge in [-0.3, -0.25) is 4.99 Å². The van der Waals surface area contributed by atoms with Crippen LogP contribution < -0.4 is 0 Å². The zero-order chi connectivity index (χ0) is 18.5. The second-order valence-corrected chi connectivity index (χ2v) is 6.13. The van der Waals surface area contributed by atoms with Gasteiger partial charge in [0.25, 0.3) is 0 Å². The van der Waals surface area contributed by atoms with Crippen molar-refractivity contribution in [3.63, 3.8) is 0 Å². The number of unbranched alkanes of at least 4 members (excludes halogenated alkanes) is 3. The smallest absolute Gasteiger partial charge is 0.333 e. The van der Waals surface area contributed by atoms with Gasteiger partial charge in [0.1, 0.15) is 0 Å². The summed E-state index contributed by atoms with van der Waals surface area (Å²) in [5.41, 5.74) is 4.03. The van der Waals surface area contributed by atoms with Crippen LogP contribution in [0.1, 0.15) is 64.0 Å². The number of carbonyl (C=O) groups is 1. The third kappa shape index (κ3) is 8.48. The number of esters is 1. The van der Waals surface area contributed by atoms with E-state index in [-0.39, 0.29) is 5.97 Å². The summed E-state index contributed by atoms with van der Waals surface area (Å²) < 4.78 is 5.09. The molecule has 0 aliphatic heterocycles. The lowest BCUT2D eigenvalue weighted by Crippen LogP contribution is -2.05. The Kier molecular flexibility index (Phi) is 10.2. The Hall–Kier alpha value is -2.16. The fourth-order valence-corrected chi connectivity index (χ4v) is 2.57. The van der Waals surface area contributed by atoms with Crippen molar-refractivity contribution in [3.8, 4) is 0 Å². The molecule has 0 saturated heterocycles. The molecule has 0 radical (unpaired) electrons. The average Bonchev–Trinajstić information content (AvgIpc) is 2.60. The summed E-state index contributed by atoms with van der Waals surface area (Å²) >= 11 is 0. The van der Waals surface area contributed by atoms with Gasteiger partial charge in [-0.1, -0.05) is 56.5 Å². The Balaban J connectivity index is 2.95. The number of benzene rings is 1. The first kappa shape index (κ1) is 20.9. The third-order valence-electron chi connectivity index (χ3n) is 3.89. The number of carbonyl (C=O) groups excluding carboxylic acids is 1. The predicted octanol–water partition coefficient (Wildman–Crippen LogP) is 5.60. The van der Waals surface area contributed by atoms with Crippen molar-refractivity contribution in [3.05, 3.63) is 52.6 Å². The summed E-state index contributed by atoms with van der Waals surface area (Å²) in [5.74, 6) is -0.239. The second kappa shape index (κ2) is 12.2. The normalized spacial score (nSPS) is 12.6. The number of allylic oxidation sites excluding steroid dienone is 2. The minimum absolute atomic E-state index is 0.239. The zero-order valence-corrected chi connectivity index (χ0v) is 16.0. The van der Waals surface area contributed by atoms with Crippen LogP contribution in [-0.4, -0.2) is 25.8 Å². The summed E-state index contributed by atoms with van der Waals surface area (Å²) in [5, 5.41) is 0. The second-order valence-electron chi connectivity index (χ2n) is 6.13. The maximum atomic E-state index is 11.9. The highest BCUT2D eigenvalue weighted by atomic mass is 16.5. The number of rotatable bonds is 10. The largest absolute Gasteiger partial charge is 0.463 e. The van der Waals surface area contributed by atoms with Crippen molar-refractivity contribution in [2.24, 2.45) is 4.99 Å². The van der Waals surface area contributed by atoms with Gasteiger partial charge in [-0.05, 0) is 49.5 Å². The van der Waals surface area contributed by atoms with Crippen LogP contribution in [0.4, 0.5) is 0 Å². The number of aliphatic imine (C=N–C) groups is 1. The molecule has 3 nitrogen and oxygen atoms in total. The Morgan fingerprint density at radius 2 is 1.76 bits per heavy atom. The van der Waals surface area contributed by atoms with Gasteiger partial charge < -0.3 is 4.74 Å². The summed E-state index contributed by atoms with van der Waals surface area (Å²) in [4.78, 5) is 15.9. The van der Waals surface area contributed by atoms with Crippen molar-refractivity contribution in [1.82, 2.24) is 0 Å². The fourth-order valence-electron chi connectivity index (χ4n) is 2.57. The van der Waals surface area contributed by atoms with Crippen LogP contribution in [0.5, 0.6) is 0 Å². The molecular formula is C22H31NO2. The fraction of sp³-hybridized carbons (Fsp3) is 0.455. The molecule has 0 heterocycles. The molecular weight excluding hydrogens is 310 g/mol. The van der Waals surface area contributed by atoms with Crippen molar-refractivity contribution < 1.29 is 9.53 Å². The molecule has 0 aromatic heterocycles. The van der Waals surface area contributed by atoms with E-state index in [1.807, 2.05) is 26.1 Å². The first-order chi connectivity index (χ1) is 12.1. The molecule has 0 saturated carbocycles. The molecule has 0 N–H and O–H groups in total. The number of nitrogens with zero attached hydrogens (tertiary/aromatic N) is 1. The maximum Gasteiger partial charge on any atom is 0.333 e. The van der Waals surface area contributed by atoms with E-state index in [4.69, 9.17) is 4.74 Å². The van der Waals surface area contributed by atoms with Crippen LogP contribution in [0.25, 0.3) is 6.08 Å². The Bertz CT molecular complexity index is 609. The molecule has 0 bridgehead atoms. The van der Waals surface area contributed by atoms with Gasteiger partial charge >= 0.3 is 5.97 Å². The highest BCUT2D eigenvalue weighted by molar-refractivity contribution is 5.88. The van der Waals surface area contributed by atoms with Crippen molar-refractivity contribution in [2.45, 2.75) is 52.9 Å². The lowest BCUT2D eigenvalue weighted by atomic mass is 10.0. The molecule has 136 valence electrons. The summed E-state index contributed by atoms with van der Waals surface area (Å²) in [6.45, 7) is 6.26. The van der Waals surface area contributed by atoms with Crippen molar-refractivity contribution in [2.75, 3.05) is 13.7 Å². The van der Waals surface area contributed by atoms with E-state index in [1.54, 1.807) is 7.05 Å². The first-order valence-electron chi connectivity index (χ1n) is 9.18. The van der Waals surface area contributed by atoms with Crippen molar-refractivity contribution >= 4 is 18.3 Å². The zero-order valence-electron chi connectivity index (χ0n) is 16.0. The SMILES string of the molecule is CCCCCCC(=C\c1ccc(/C=N\C)cc1)/C=C(\C)C(=O)OCC. The van der Waals surface area contributed by atoms with Crippen LogP contribution >= 0.6 is 0 Å². The van der Waals surface area contributed by atoms with Crippen LogP contribution in [0, 0.1) is 0 Å². The van der Waals surface area contributed by atoms with Crippen LogP contribution in [0.15, 0.2) is 46.5 Å². The third-order valence-corrected chi connectivity index (χ3v) is 3.89. The molecule has 1 aromatic rings. The molecule has 0 amide bonds. The highest BCUT2D eigenvalue weighted by Crippen LogP contribution is 2.18. The lowest BCUT2D eigenvalue weighted by Gasteiger charge is -2.07. The predicted molar refractivity (Wildman–Crippen MR) is 107 cm³/mol. The maximum absolute atomic E-state index is 11.9. The van der Waals surface area contributed by atoms with Gasteiger partial charge in [0.15, 0.2) is 0 Å². The molecule has 0 spiro atoms. The molecule has 1 aromatic carbocycles. The van der Waals surface area contributed by atoms with E-state index in [9.17, 15) is 4.79 Å². The number of ether oxygens (including phenoxy) is 1. The monoisotopic (exact) mass is 341 g/mol. The van der Waals surface area contributed by atoms with Gasteiger partial charge in [-0.15, -0.1) is 0 Å². The molecule has 1 rings (SSSR count). The Morgan fingerprint density at radius 1 is 1.08 bits per heavy atom. The number of hydrogen-bond acceptors (Lipinski definition) is 3. The van der Waals surface area contributed by atoms with Crippen LogP contribution in [0.3, 0.4) is 0 Å². The Labute approximate surface area is 152 Å². The molecule has 25 heavy (non-hydrogen) atoms. The van der Waals surface area contributed by atoms with Gasteiger partial charge in [-0.2, -0.15) is 0 Å². The van der Waals surface area contributed by atoms with E-state index >= 15 is 0 Å². The van der Waals surface area contributed by atoms with E-state index in [2.05, 4.69) is 42.3 Å². The van der Waals surface area contributed by atoms with Crippen LogP contribution in [0.2, 0.25) is 0 Å². The van der Waals surface area contributed by atoms with Gasteiger partial charge in [0, 0.05) is 18.8 Å². The quantitative estimate of drug-likeness (QED) is 0.183. The van der Waals surface area contributed by atoms with Gasteiger partial charge in [-0.25, -0.2) is 4.79 Å². The molecule has 0 aliphatic rings. The van der Waals surface area contributed by atoms with E-state index in [0.29, 0.717) is 12.2 Å². The molecule has 0 fully saturated rings. The van der Waals surface area contributed by atoms with Crippen LogP contribution in [-0.2, 0) is 9.53 Å². The lowest BCUT2D eigenvalue weighted by molar-refractivity contribution is -0.138. The molecule has 3 heteroatoms. The Morgan fingerprint density at radius 3 is 2.36 bits per heavy atom. The first-order valence-corrected chi connectivity index (χ1v) is 9.18. The van der Waals surface area contributed by atoms with E-state index in [0.717, 1.165) is 24.0 Å².